The summed E-state index contributed by atoms with van der Waals surface area (Å²) in [6.07, 6.45) is 0. The Hall–Kier alpha value is -0.220. The van der Waals surface area contributed by atoms with E-state index < -0.39 is 0 Å². The SMILES string of the molecule is COCC(C)(C)NC1=NCC(C)S1. The number of nitrogens with one attached hydrogen (secondary N) is 1. The number of methoxy groups -OCH3 is 1. The van der Waals surface area contributed by atoms with Gasteiger partial charge in [0, 0.05) is 12.4 Å². The summed E-state index contributed by atoms with van der Waals surface area (Å²) in [4.78, 5) is 4.40. The summed E-state index contributed by atoms with van der Waals surface area (Å²) in [7, 11) is 1.72. The molecule has 1 atom stereocenters. The maximum Gasteiger partial charge on any atom is 0.157 e. The summed E-state index contributed by atoms with van der Waals surface area (Å²) in [5, 5.41) is 5.04. The van der Waals surface area contributed by atoms with Gasteiger partial charge >= 0.3 is 0 Å². The monoisotopic (exact) mass is 202 g/mol. The van der Waals surface area contributed by atoms with E-state index in [4.69, 9.17) is 4.74 Å². The number of nitrogens with zero attached hydrogens (tertiary/aromatic N) is 1. The van der Waals surface area contributed by atoms with E-state index in [1.807, 2.05) is 0 Å². The van der Waals surface area contributed by atoms with E-state index in [0.717, 1.165) is 11.7 Å². The van der Waals surface area contributed by atoms with Gasteiger partial charge in [-0.2, -0.15) is 0 Å². The summed E-state index contributed by atoms with van der Waals surface area (Å²) >= 11 is 1.80. The van der Waals surface area contributed by atoms with Gasteiger partial charge in [0.2, 0.25) is 0 Å². The van der Waals surface area contributed by atoms with Gasteiger partial charge in [0.1, 0.15) is 0 Å². The highest BCUT2D eigenvalue weighted by atomic mass is 32.2. The Bertz CT molecular complexity index is 204. The lowest BCUT2D eigenvalue weighted by Gasteiger charge is -2.26. The van der Waals surface area contributed by atoms with Gasteiger partial charge in [-0.1, -0.05) is 18.7 Å². The van der Waals surface area contributed by atoms with Crippen LogP contribution < -0.4 is 5.32 Å². The van der Waals surface area contributed by atoms with Gasteiger partial charge in [-0.25, -0.2) is 0 Å². The molecule has 0 bridgehead atoms. The molecule has 1 N–H and O–H groups in total. The molecule has 1 heterocycles. The van der Waals surface area contributed by atoms with Gasteiger partial charge in [0.05, 0.1) is 18.7 Å². The first-order chi connectivity index (χ1) is 6.03. The van der Waals surface area contributed by atoms with Crippen LogP contribution in [0.15, 0.2) is 4.99 Å². The first-order valence-electron chi connectivity index (χ1n) is 4.52. The zero-order valence-electron chi connectivity index (χ0n) is 8.76. The number of hydrogen-bond donors (Lipinski definition) is 1. The predicted octanol–water partition coefficient (Wildman–Crippen LogP) is 1.49. The van der Waals surface area contributed by atoms with Crippen LogP contribution >= 0.6 is 11.8 Å². The van der Waals surface area contributed by atoms with Gasteiger partial charge in [-0.05, 0) is 13.8 Å². The second-order valence-electron chi connectivity index (χ2n) is 4.02. The average Bonchev–Trinajstić information content (AvgIpc) is 2.34. The topological polar surface area (TPSA) is 33.6 Å². The highest BCUT2D eigenvalue weighted by Crippen LogP contribution is 2.20. The van der Waals surface area contributed by atoms with E-state index in [-0.39, 0.29) is 5.54 Å². The highest BCUT2D eigenvalue weighted by molar-refractivity contribution is 8.14. The van der Waals surface area contributed by atoms with Crippen molar-refractivity contribution in [2.24, 2.45) is 4.99 Å². The minimum atomic E-state index is -0.0232. The normalized spacial score (nSPS) is 23.1. The van der Waals surface area contributed by atoms with E-state index >= 15 is 0 Å². The Labute approximate surface area is 84.3 Å². The van der Waals surface area contributed by atoms with Crippen molar-refractivity contribution in [3.63, 3.8) is 0 Å². The van der Waals surface area contributed by atoms with Crippen molar-refractivity contribution in [2.45, 2.75) is 31.6 Å². The van der Waals surface area contributed by atoms with Crippen LogP contribution in [0.4, 0.5) is 0 Å². The van der Waals surface area contributed by atoms with E-state index in [1.54, 1.807) is 18.9 Å². The lowest BCUT2D eigenvalue weighted by atomic mass is 10.1. The van der Waals surface area contributed by atoms with E-state index in [9.17, 15) is 0 Å². The summed E-state index contributed by atoms with van der Waals surface area (Å²) in [5.74, 6) is 0. The molecule has 0 aromatic carbocycles. The first kappa shape index (κ1) is 10.9. The van der Waals surface area contributed by atoms with Crippen LogP contribution in [-0.2, 0) is 4.74 Å². The summed E-state index contributed by atoms with van der Waals surface area (Å²) in [6, 6.07) is 0. The summed E-state index contributed by atoms with van der Waals surface area (Å²) < 4.78 is 5.12. The molecule has 0 radical (unpaired) electrons. The van der Waals surface area contributed by atoms with Crippen molar-refractivity contribution in [3.05, 3.63) is 0 Å². The van der Waals surface area contributed by atoms with Crippen LogP contribution in [-0.4, -0.2) is 36.2 Å². The number of thioether (sulfide) groups is 1. The Morgan fingerprint density at radius 1 is 1.69 bits per heavy atom. The smallest absolute Gasteiger partial charge is 0.157 e. The Morgan fingerprint density at radius 3 is 2.85 bits per heavy atom. The second-order valence-corrected chi connectivity index (χ2v) is 5.44. The Balaban J connectivity index is 2.39. The van der Waals surface area contributed by atoms with Crippen molar-refractivity contribution in [3.8, 4) is 0 Å². The van der Waals surface area contributed by atoms with Gasteiger partial charge in [-0.3, -0.25) is 4.99 Å². The minimum absolute atomic E-state index is 0.0232. The van der Waals surface area contributed by atoms with Gasteiger partial charge in [0.15, 0.2) is 5.17 Å². The number of ether oxygens (including phenoxy) is 1. The molecule has 0 spiro atoms. The number of rotatable bonds is 3. The molecule has 1 unspecified atom stereocenters. The second kappa shape index (κ2) is 4.33. The lowest BCUT2D eigenvalue weighted by molar-refractivity contribution is 0.140. The Morgan fingerprint density at radius 2 is 2.38 bits per heavy atom. The van der Waals surface area contributed by atoms with Gasteiger partial charge in [0.25, 0.3) is 0 Å². The van der Waals surface area contributed by atoms with Gasteiger partial charge in [-0.15, -0.1) is 0 Å². The largest absolute Gasteiger partial charge is 0.382 e. The quantitative estimate of drug-likeness (QED) is 0.753. The molecule has 76 valence electrons. The fourth-order valence-corrected chi connectivity index (χ4v) is 2.25. The average molecular weight is 202 g/mol. The molecule has 0 aliphatic carbocycles. The highest BCUT2D eigenvalue weighted by Gasteiger charge is 2.23. The van der Waals surface area contributed by atoms with E-state index in [0.29, 0.717) is 11.9 Å². The molecular formula is C9H18N2OS. The van der Waals surface area contributed by atoms with Crippen molar-refractivity contribution in [1.29, 1.82) is 0 Å². The molecule has 13 heavy (non-hydrogen) atoms. The molecule has 0 amide bonds. The van der Waals surface area contributed by atoms with Crippen LogP contribution in [0.25, 0.3) is 0 Å². The molecule has 1 aliphatic heterocycles. The fraction of sp³-hybridized carbons (Fsp3) is 0.889. The van der Waals surface area contributed by atoms with E-state index in [1.165, 1.54) is 0 Å². The number of aliphatic imine (C=N–C) groups is 1. The molecule has 1 rings (SSSR count). The third-order valence-electron chi connectivity index (χ3n) is 1.76. The third kappa shape index (κ3) is 3.56. The van der Waals surface area contributed by atoms with Crippen LogP contribution in [0, 0.1) is 0 Å². The molecule has 3 nitrogen and oxygen atoms in total. The standard InChI is InChI=1S/C9H18N2OS/c1-7-5-10-8(13-7)11-9(2,3)6-12-4/h7H,5-6H2,1-4H3,(H,10,11). The van der Waals surface area contributed by atoms with Crippen LogP contribution in [0.5, 0.6) is 0 Å². The Kier molecular flexibility index (Phi) is 3.62. The van der Waals surface area contributed by atoms with Crippen LogP contribution in [0.2, 0.25) is 0 Å². The molecule has 0 aromatic rings. The van der Waals surface area contributed by atoms with Gasteiger partial charge < -0.3 is 10.1 Å². The molecule has 0 saturated carbocycles. The fourth-order valence-electron chi connectivity index (χ4n) is 1.23. The molecule has 0 fully saturated rings. The van der Waals surface area contributed by atoms with Crippen LogP contribution in [0.3, 0.4) is 0 Å². The summed E-state index contributed by atoms with van der Waals surface area (Å²) in [5.41, 5.74) is -0.0232. The number of amidine groups is 1. The molecular weight excluding hydrogens is 184 g/mol. The molecule has 1 aliphatic rings. The molecule has 0 aromatic heterocycles. The van der Waals surface area contributed by atoms with Crippen molar-refractivity contribution in [2.75, 3.05) is 20.3 Å². The zero-order valence-corrected chi connectivity index (χ0v) is 9.57. The third-order valence-corrected chi connectivity index (χ3v) is 2.76. The van der Waals surface area contributed by atoms with Crippen molar-refractivity contribution >= 4 is 16.9 Å². The number of hydrogen-bond acceptors (Lipinski definition) is 4. The van der Waals surface area contributed by atoms with Crippen molar-refractivity contribution in [1.82, 2.24) is 5.32 Å². The zero-order chi connectivity index (χ0) is 9.90. The summed E-state index contributed by atoms with van der Waals surface area (Å²) in [6.45, 7) is 8.04. The van der Waals surface area contributed by atoms with E-state index in [2.05, 4.69) is 31.1 Å². The minimum Gasteiger partial charge on any atom is -0.382 e. The van der Waals surface area contributed by atoms with Crippen molar-refractivity contribution < 1.29 is 4.74 Å². The molecule has 4 heteroatoms. The first-order valence-corrected chi connectivity index (χ1v) is 5.40. The molecule has 0 saturated heterocycles. The maximum atomic E-state index is 5.12. The lowest BCUT2D eigenvalue weighted by Crippen LogP contribution is -2.45. The predicted molar refractivity (Wildman–Crippen MR) is 58.4 cm³/mol. The maximum absolute atomic E-state index is 5.12. The van der Waals surface area contributed by atoms with Crippen LogP contribution in [0.1, 0.15) is 20.8 Å².